The molecule has 2 aromatic heterocycles. The number of pyridine rings is 1. The third-order valence-corrected chi connectivity index (χ3v) is 2.33. The van der Waals surface area contributed by atoms with Gasteiger partial charge in [0.05, 0.1) is 6.26 Å². The van der Waals surface area contributed by atoms with E-state index in [2.05, 4.69) is 24.9 Å². The fourth-order valence-corrected chi connectivity index (χ4v) is 1.59. The van der Waals surface area contributed by atoms with Crippen molar-refractivity contribution in [1.29, 1.82) is 0 Å². The molecule has 2 nitrogen and oxygen atoms in total. The van der Waals surface area contributed by atoms with Crippen LogP contribution in [0, 0.1) is 0 Å². The summed E-state index contributed by atoms with van der Waals surface area (Å²) in [6.45, 7) is 4.28. The van der Waals surface area contributed by atoms with E-state index in [1.165, 1.54) is 5.56 Å². The van der Waals surface area contributed by atoms with Gasteiger partial charge in [0.15, 0.2) is 0 Å². The van der Waals surface area contributed by atoms with E-state index in [-0.39, 0.29) is 0 Å². The van der Waals surface area contributed by atoms with Gasteiger partial charge in [0.2, 0.25) is 5.71 Å². The second kappa shape index (κ2) is 3.21. The van der Waals surface area contributed by atoms with Crippen molar-refractivity contribution >= 4 is 11.1 Å². The topological polar surface area (TPSA) is 26.0 Å². The van der Waals surface area contributed by atoms with Crippen molar-refractivity contribution in [2.24, 2.45) is 0 Å². The van der Waals surface area contributed by atoms with Gasteiger partial charge >= 0.3 is 0 Å². The van der Waals surface area contributed by atoms with Crippen LogP contribution >= 0.6 is 0 Å². The number of aromatic nitrogens is 1. The Labute approximate surface area is 77.6 Å². The first-order valence-electron chi connectivity index (χ1n) is 4.71. The van der Waals surface area contributed by atoms with E-state index >= 15 is 0 Å². The minimum Gasteiger partial charge on any atom is -0.446 e. The van der Waals surface area contributed by atoms with Gasteiger partial charge < -0.3 is 4.42 Å². The van der Waals surface area contributed by atoms with Crippen LogP contribution < -0.4 is 0 Å². The van der Waals surface area contributed by atoms with Crippen LogP contribution in [0.5, 0.6) is 0 Å². The predicted octanol–water partition coefficient (Wildman–Crippen LogP) is 2.95. The lowest BCUT2D eigenvalue weighted by Gasteiger charge is -2.03. The Morgan fingerprint density at radius 1 is 1.31 bits per heavy atom. The molecule has 0 aliphatic rings. The molecule has 0 aliphatic heterocycles. The first kappa shape index (κ1) is 8.30. The molecule has 2 aromatic rings. The van der Waals surface area contributed by atoms with Gasteiger partial charge in [-0.05, 0) is 30.5 Å². The van der Waals surface area contributed by atoms with Gasteiger partial charge in [-0.3, -0.25) is 0 Å². The quantitative estimate of drug-likeness (QED) is 0.701. The number of furan rings is 1. The third kappa shape index (κ3) is 1.32. The highest BCUT2D eigenvalue weighted by molar-refractivity contribution is 5.74. The number of fused-ring (bicyclic) bond motifs is 1. The Morgan fingerprint density at radius 3 is 2.85 bits per heavy atom. The lowest BCUT2D eigenvalue weighted by molar-refractivity contribution is 0.601. The second-order valence-corrected chi connectivity index (χ2v) is 3.12. The fraction of sp³-hybridized carbons (Fsp3) is 0.364. The molecule has 2 heteroatoms. The van der Waals surface area contributed by atoms with Gasteiger partial charge in [0, 0.05) is 11.1 Å². The maximum absolute atomic E-state index is 5.25. The Bertz CT molecular complexity index is 379. The van der Waals surface area contributed by atoms with Gasteiger partial charge in [0.25, 0.3) is 0 Å². The molecule has 0 atom stereocenters. The number of hydrogen-bond donors (Lipinski definition) is 0. The monoisotopic (exact) mass is 175 g/mol. The van der Waals surface area contributed by atoms with Crippen LogP contribution in [-0.4, -0.2) is 4.98 Å². The van der Waals surface area contributed by atoms with Crippen molar-refractivity contribution in [3.05, 3.63) is 29.7 Å². The van der Waals surface area contributed by atoms with E-state index in [1.54, 1.807) is 6.26 Å². The Hall–Kier alpha value is -1.31. The standard InChI is InChI=1S/C11H13NO/c1-3-8-7-9-5-6-13-11(9)12-10(8)4-2/h5-7H,3-4H2,1-2H3. The molecule has 2 heterocycles. The minimum absolute atomic E-state index is 0.758. The summed E-state index contributed by atoms with van der Waals surface area (Å²) in [6.07, 6.45) is 3.70. The first-order chi connectivity index (χ1) is 6.35. The highest BCUT2D eigenvalue weighted by Gasteiger charge is 2.05. The molecule has 0 saturated heterocycles. The van der Waals surface area contributed by atoms with E-state index < -0.39 is 0 Å². The zero-order chi connectivity index (χ0) is 9.26. The summed E-state index contributed by atoms with van der Waals surface area (Å²) in [5, 5.41) is 1.11. The second-order valence-electron chi connectivity index (χ2n) is 3.12. The van der Waals surface area contributed by atoms with Crippen molar-refractivity contribution in [3.8, 4) is 0 Å². The molecule has 0 N–H and O–H groups in total. The Kier molecular flexibility index (Phi) is 2.05. The van der Waals surface area contributed by atoms with Crippen molar-refractivity contribution < 1.29 is 4.42 Å². The molecule has 0 bridgehead atoms. The number of hydrogen-bond acceptors (Lipinski definition) is 2. The van der Waals surface area contributed by atoms with Crippen molar-refractivity contribution in [1.82, 2.24) is 4.98 Å². The average Bonchev–Trinajstić information content (AvgIpc) is 2.62. The molecule has 13 heavy (non-hydrogen) atoms. The van der Waals surface area contributed by atoms with Gasteiger partial charge in [-0.15, -0.1) is 0 Å². The van der Waals surface area contributed by atoms with Crippen LogP contribution in [0.15, 0.2) is 22.8 Å². The summed E-state index contributed by atoms with van der Waals surface area (Å²) in [5.41, 5.74) is 3.25. The smallest absolute Gasteiger partial charge is 0.226 e. The van der Waals surface area contributed by atoms with Crippen LogP contribution in [0.2, 0.25) is 0 Å². The molecule has 68 valence electrons. The van der Waals surface area contributed by atoms with Crippen molar-refractivity contribution in [2.75, 3.05) is 0 Å². The number of nitrogens with zero attached hydrogens (tertiary/aromatic N) is 1. The van der Waals surface area contributed by atoms with Crippen molar-refractivity contribution in [3.63, 3.8) is 0 Å². The molecule has 0 aliphatic carbocycles. The zero-order valence-electron chi connectivity index (χ0n) is 8.00. The van der Waals surface area contributed by atoms with Crippen LogP contribution in [0.3, 0.4) is 0 Å². The van der Waals surface area contributed by atoms with Gasteiger partial charge in [-0.1, -0.05) is 13.8 Å². The Morgan fingerprint density at radius 2 is 2.15 bits per heavy atom. The summed E-state index contributed by atoms with van der Waals surface area (Å²) in [5.74, 6) is 0. The summed E-state index contributed by atoms with van der Waals surface area (Å²) in [4.78, 5) is 4.46. The molecular formula is C11H13NO. The maximum Gasteiger partial charge on any atom is 0.226 e. The van der Waals surface area contributed by atoms with E-state index in [0.717, 1.165) is 29.6 Å². The normalized spacial score (nSPS) is 10.9. The van der Waals surface area contributed by atoms with E-state index in [4.69, 9.17) is 4.42 Å². The summed E-state index contributed by atoms with van der Waals surface area (Å²) >= 11 is 0. The SMILES string of the molecule is CCc1cc2ccoc2nc1CC. The molecule has 0 unspecified atom stereocenters. The van der Waals surface area contributed by atoms with Crippen molar-refractivity contribution in [2.45, 2.75) is 26.7 Å². The largest absolute Gasteiger partial charge is 0.446 e. The molecule has 0 radical (unpaired) electrons. The zero-order valence-corrected chi connectivity index (χ0v) is 8.00. The summed E-state index contributed by atoms with van der Waals surface area (Å²) in [7, 11) is 0. The number of rotatable bonds is 2. The molecule has 0 fully saturated rings. The first-order valence-corrected chi connectivity index (χ1v) is 4.71. The van der Waals surface area contributed by atoms with E-state index in [1.807, 2.05) is 6.07 Å². The highest BCUT2D eigenvalue weighted by atomic mass is 16.3. The maximum atomic E-state index is 5.25. The van der Waals surface area contributed by atoms with Crippen LogP contribution in [-0.2, 0) is 12.8 Å². The highest BCUT2D eigenvalue weighted by Crippen LogP contribution is 2.18. The van der Waals surface area contributed by atoms with E-state index in [9.17, 15) is 0 Å². The van der Waals surface area contributed by atoms with Gasteiger partial charge in [-0.2, -0.15) is 0 Å². The third-order valence-electron chi connectivity index (χ3n) is 2.33. The molecular weight excluding hydrogens is 162 g/mol. The molecule has 0 saturated carbocycles. The lowest BCUT2D eigenvalue weighted by Crippen LogP contribution is -1.94. The van der Waals surface area contributed by atoms with Gasteiger partial charge in [0.1, 0.15) is 0 Å². The lowest BCUT2D eigenvalue weighted by atomic mass is 10.1. The fourth-order valence-electron chi connectivity index (χ4n) is 1.59. The molecule has 0 spiro atoms. The summed E-state index contributed by atoms with van der Waals surface area (Å²) in [6, 6.07) is 4.13. The average molecular weight is 175 g/mol. The van der Waals surface area contributed by atoms with Gasteiger partial charge in [-0.25, -0.2) is 4.98 Å². The molecule has 0 amide bonds. The molecule has 2 rings (SSSR count). The number of aryl methyl sites for hydroxylation is 2. The predicted molar refractivity (Wildman–Crippen MR) is 52.8 cm³/mol. The summed E-state index contributed by atoms with van der Waals surface area (Å²) < 4.78 is 5.25. The van der Waals surface area contributed by atoms with E-state index in [0.29, 0.717) is 0 Å². The van der Waals surface area contributed by atoms with Crippen LogP contribution in [0.25, 0.3) is 11.1 Å². The molecule has 0 aromatic carbocycles. The minimum atomic E-state index is 0.758. The van der Waals surface area contributed by atoms with Crippen LogP contribution in [0.4, 0.5) is 0 Å². The van der Waals surface area contributed by atoms with Crippen LogP contribution in [0.1, 0.15) is 25.1 Å². The Balaban J connectivity index is 2.67.